The molecule has 1 rings (SSSR count). The highest BCUT2D eigenvalue weighted by Gasteiger charge is 2.13. The SMILES string of the molecule is CC(C)(C)OCC(O)CNc1ccc(Cl)c(Br)c1. The molecule has 0 aromatic heterocycles. The molecule has 1 aromatic rings. The summed E-state index contributed by atoms with van der Waals surface area (Å²) in [5.74, 6) is 0. The van der Waals surface area contributed by atoms with Crippen LogP contribution < -0.4 is 5.32 Å². The van der Waals surface area contributed by atoms with Crippen LogP contribution in [0.2, 0.25) is 5.02 Å². The molecule has 102 valence electrons. The normalized spacial score (nSPS) is 13.4. The maximum absolute atomic E-state index is 9.77. The third-order valence-corrected chi connectivity index (χ3v) is 3.38. The summed E-state index contributed by atoms with van der Waals surface area (Å²) in [6.07, 6.45) is -0.543. The van der Waals surface area contributed by atoms with Gasteiger partial charge in [-0.1, -0.05) is 11.6 Å². The van der Waals surface area contributed by atoms with E-state index >= 15 is 0 Å². The first-order valence-corrected chi connectivity index (χ1v) is 6.96. The molecule has 1 atom stereocenters. The van der Waals surface area contributed by atoms with Crippen LogP contribution in [0.1, 0.15) is 20.8 Å². The molecular weight excluding hydrogens is 318 g/mol. The molecule has 0 heterocycles. The molecule has 0 radical (unpaired) electrons. The van der Waals surface area contributed by atoms with Gasteiger partial charge in [0.15, 0.2) is 0 Å². The molecule has 0 amide bonds. The predicted octanol–water partition coefficient (Wildman–Crippen LogP) is 3.69. The number of ether oxygens (including phenoxy) is 1. The number of benzene rings is 1. The molecule has 0 aliphatic rings. The number of aliphatic hydroxyl groups is 1. The second-order valence-corrected chi connectivity index (χ2v) is 6.35. The standard InChI is InChI=1S/C13H19BrClNO2/c1-13(2,3)18-8-10(17)7-16-9-4-5-12(15)11(14)6-9/h4-6,10,16-17H,7-8H2,1-3H3. The van der Waals surface area contributed by atoms with E-state index in [2.05, 4.69) is 21.2 Å². The molecule has 18 heavy (non-hydrogen) atoms. The van der Waals surface area contributed by atoms with Crippen LogP contribution in [-0.2, 0) is 4.74 Å². The molecule has 3 nitrogen and oxygen atoms in total. The van der Waals surface area contributed by atoms with Gasteiger partial charge in [0, 0.05) is 16.7 Å². The molecular formula is C13H19BrClNO2. The average Bonchev–Trinajstić information content (AvgIpc) is 2.27. The monoisotopic (exact) mass is 335 g/mol. The van der Waals surface area contributed by atoms with Crippen molar-refractivity contribution in [3.8, 4) is 0 Å². The zero-order chi connectivity index (χ0) is 13.8. The Morgan fingerprint density at radius 2 is 2.11 bits per heavy atom. The summed E-state index contributed by atoms with van der Waals surface area (Å²) >= 11 is 9.25. The fourth-order valence-corrected chi connectivity index (χ4v) is 1.74. The van der Waals surface area contributed by atoms with Crippen LogP contribution in [0, 0.1) is 0 Å². The second-order valence-electron chi connectivity index (χ2n) is 5.09. The Kier molecular flexibility index (Phi) is 5.92. The molecule has 0 aliphatic heterocycles. The number of aliphatic hydroxyl groups excluding tert-OH is 1. The van der Waals surface area contributed by atoms with Crippen molar-refractivity contribution in [3.05, 3.63) is 27.7 Å². The highest BCUT2D eigenvalue weighted by Crippen LogP contribution is 2.25. The van der Waals surface area contributed by atoms with E-state index in [1.807, 2.05) is 32.9 Å². The van der Waals surface area contributed by atoms with Crippen molar-refractivity contribution in [2.45, 2.75) is 32.5 Å². The van der Waals surface area contributed by atoms with Gasteiger partial charge in [0.25, 0.3) is 0 Å². The van der Waals surface area contributed by atoms with Crippen LogP contribution in [0.3, 0.4) is 0 Å². The van der Waals surface area contributed by atoms with Gasteiger partial charge in [-0.15, -0.1) is 0 Å². The summed E-state index contributed by atoms with van der Waals surface area (Å²) in [7, 11) is 0. The van der Waals surface area contributed by atoms with Crippen molar-refractivity contribution in [1.82, 2.24) is 0 Å². The Bertz CT molecular complexity index is 393. The summed E-state index contributed by atoms with van der Waals surface area (Å²) in [5.41, 5.74) is 0.672. The largest absolute Gasteiger partial charge is 0.389 e. The van der Waals surface area contributed by atoms with Gasteiger partial charge in [0.2, 0.25) is 0 Å². The van der Waals surface area contributed by atoms with Crippen molar-refractivity contribution < 1.29 is 9.84 Å². The first-order chi connectivity index (χ1) is 8.28. The molecule has 5 heteroatoms. The summed E-state index contributed by atoms with van der Waals surface area (Å²) in [4.78, 5) is 0. The summed E-state index contributed by atoms with van der Waals surface area (Å²) in [6.45, 7) is 6.63. The topological polar surface area (TPSA) is 41.5 Å². The third kappa shape index (κ3) is 6.05. The highest BCUT2D eigenvalue weighted by molar-refractivity contribution is 9.10. The van der Waals surface area contributed by atoms with Gasteiger partial charge in [-0.2, -0.15) is 0 Å². The Labute approximate surface area is 122 Å². The van der Waals surface area contributed by atoms with Crippen LogP contribution in [0.15, 0.2) is 22.7 Å². The number of nitrogens with one attached hydrogen (secondary N) is 1. The zero-order valence-corrected chi connectivity index (χ0v) is 13.2. The summed E-state index contributed by atoms with van der Waals surface area (Å²) in [6, 6.07) is 5.54. The van der Waals surface area contributed by atoms with Gasteiger partial charge in [-0.05, 0) is 54.9 Å². The highest BCUT2D eigenvalue weighted by atomic mass is 79.9. The lowest BCUT2D eigenvalue weighted by Gasteiger charge is -2.22. The van der Waals surface area contributed by atoms with E-state index in [4.69, 9.17) is 16.3 Å². The van der Waals surface area contributed by atoms with Crippen molar-refractivity contribution in [1.29, 1.82) is 0 Å². The van der Waals surface area contributed by atoms with Gasteiger partial charge < -0.3 is 15.2 Å². The van der Waals surface area contributed by atoms with Gasteiger partial charge >= 0.3 is 0 Å². The average molecular weight is 337 g/mol. The molecule has 0 fully saturated rings. The maximum atomic E-state index is 9.77. The van der Waals surface area contributed by atoms with E-state index in [-0.39, 0.29) is 5.60 Å². The number of hydrogen-bond acceptors (Lipinski definition) is 3. The molecule has 0 saturated carbocycles. The minimum absolute atomic E-state index is 0.232. The third-order valence-electron chi connectivity index (χ3n) is 2.17. The van der Waals surface area contributed by atoms with Crippen molar-refractivity contribution >= 4 is 33.2 Å². The Morgan fingerprint density at radius 1 is 1.44 bits per heavy atom. The Balaban J connectivity index is 2.38. The first-order valence-electron chi connectivity index (χ1n) is 5.79. The van der Waals surface area contributed by atoms with Crippen LogP contribution >= 0.6 is 27.5 Å². The zero-order valence-electron chi connectivity index (χ0n) is 10.8. The molecule has 1 aromatic carbocycles. The van der Waals surface area contributed by atoms with E-state index < -0.39 is 6.10 Å². The van der Waals surface area contributed by atoms with E-state index in [0.717, 1.165) is 10.2 Å². The lowest BCUT2D eigenvalue weighted by Crippen LogP contribution is -2.30. The molecule has 0 aliphatic carbocycles. The lowest BCUT2D eigenvalue weighted by atomic mass is 10.2. The Hall–Kier alpha value is -0.290. The maximum Gasteiger partial charge on any atom is 0.0945 e. The predicted molar refractivity (Wildman–Crippen MR) is 79.4 cm³/mol. The first kappa shape index (κ1) is 15.8. The fourth-order valence-electron chi connectivity index (χ4n) is 1.25. The van der Waals surface area contributed by atoms with E-state index in [1.165, 1.54) is 0 Å². The number of halogens is 2. The molecule has 0 bridgehead atoms. The van der Waals surface area contributed by atoms with Crippen LogP contribution in [0.25, 0.3) is 0 Å². The van der Waals surface area contributed by atoms with Crippen molar-refractivity contribution in [3.63, 3.8) is 0 Å². The van der Waals surface area contributed by atoms with Gasteiger partial charge in [-0.25, -0.2) is 0 Å². The number of anilines is 1. The summed E-state index contributed by atoms with van der Waals surface area (Å²) in [5, 5.41) is 13.6. The molecule has 1 unspecified atom stereocenters. The van der Waals surface area contributed by atoms with Crippen molar-refractivity contribution in [2.75, 3.05) is 18.5 Å². The summed E-state index contributed by atoms with van der Waals surface area (Å²) < 4.78 is 6.33. The second kappa shape index (κ2) is 6.75. The van der Waals surface area contributed by atoms with Gasteiger partial charge in [-0.3, -0.25) is 0 Å². The quantitative estimate of drug-likeness (QED) is 0.861. The van der Waals surface area contributed by atoms with Gasteiger partial charge in [0.05, 0.1) is 23.3 Å². The van der Waals surface area contributed by atoms with Crippen LogP contribution in [-0.4, -0.2) is 30.0 Å². The molecule has 0 saturated heterocycles. The lowest BCUT2D eigenvalue weighted by molar-refractivity contribution is -0.0449. The van der Waals surface area contributed by atoms with Crippen LogP contribution in [0.4, 0.5) is 5.69 Å². The molecule has 2 N–H and O–H groups in total. The van der Waals surface area contributed by atoms with Gasteiger partial charge in [0.1, 0.15) is 0 Å². The fraction of sp³-hybridized carbons (Fsp3) is 0.538. The van der Waals surface area contributed by atoms with E-state index in [0.29, 0.717) is 18.2 Å². The number of rotatable bonds is 5. The Morgan fingerprint density at radius 3 is 2.67 bits per heavy atom. The molecule has 0 spiro atoms. The minimum Gasteiger partial charge on any atom is -0.389 e. The smallest absolute Gasteiger partial charge is 0.0945 e. The van der Waals surface area contributed by atoms with Crippen LogP contribution in [0.5, 0.6) is 0 Å². The number of hydrogen-bond donors (Lipinski definition) is 2. The van der Waals surface area contributed by atoms with E-state index in [9.17, 15) is 5.11 Å². The van der Waals surface area contributed by atoms with Crippen molar-refractivity contribution in [2.24, 2.45) is 0 Å². The van der Waals surface area contributed by atoms with E-state index in [1.54, 1.807) is 6.07 Å². The minimum atomic E-state index is -0.543.